The second-order valence-corrected chi connectivity index (χ2v) is 6.38. The van der Waals surface area contributed by atoms with E-state index in [2.05, 4.69) is 31.0 Å². The topological polar surface area (TPSA) is 90.9 Å². The first-order chi connectivity index (χ1) is 7.15. The number of aromatic nitrogens is 3. The SMILES string of the molecule is CCn1c(CC(C)(C)C)nnc1S(N)(=O)=O. The lowest BCUT2D eigenvalue weighted by Crippen LogP contribution is -2.20. The van der Waals surface area contributed by atoms with Crippen LogP contribution in [-0.2, 0) is 23.0 Å². The average Bonchev–Trinajstić information content (AvgIpc) is 2.43. The van der Waals surface area contributed by atoms with Gasteiger partial charge in [0.25, 0.3) is 15.2 Å². The predicted molar refractivity (Wildman–Crippen MR) is 60.2 cm³/mol. The minimum absolute atomic E-state index is 0.0234. The summed E-state index contributed by atoms with van der Waals surface area (Å²) in [5, 5.41) is 12.4. The van der Waals surface area contributed by atoms with Gasteiger partial charge in [0.15, 0.2) is 0 Å². The number of nitrogens with zero attached hydrogens (tertiary/aromatic N) is 3. The number of nitrogens with two attached hydrogens (primary N) is 1. The third kappa shape index (κ3) is 3.02. The lowest BCUT2D eigenvalue weighted by molar-refractivity contribution is 0.389. The molecule has 0 amide bonds. The van der Waals surface area contributed by atoms with Crippen molar-refractivity contribution in [1.82, 2.24) is 14.8 Å². The fraction of sp³-hybridized carbons (Fsp3) is 0.778. The van der Waals surface area contributed by atoms with E-state index in [1.54, 1.807) is 4.57 Å². The Bertz CT molecular complexity index is 470. The first-order valence-corrected chi connectivity index (χ1v) is 6.64. The van der Waals surface area contributed by atoms with Crippen LogP contribution < -0.4 is 5.14 Å². The zero-order chi connectivity index (χ0) is 12.6. The van der Waals surface area contributed by atoms with Crippen LogP contribution in [0.2, 0.25) is 0 Å². The summed E-state index contributed by atoms with van der Waals surface area (Å²) in [5.41, 5.74) is 0.0234. The molecule has 1 rings (SSSR count). The Morgan fingerprint density at radius 1 is 1.31 bits per heavy atom. The molecule has 0 aliphatic heterocycles. The molecule has 1 aromatic rings. The molecule has 6 nitrogen and oxygen atoms in total. The molecule has 0 fully saturated rings. The van der Waals surface area contributed by atoms with E-state index in [4.69, 9.17) is 5.14 Å². The summed E-state index contributed by atoms with van der Waals surface area (Å²) < 4.78 is 24.0. The van der Waals surface area contributed by atoms with Crippen molar-refractivity contribution in [2.75, 3.05) is 0 Å². The molecule has 0 bridgehead atoms. The van der Waals surface area contributed by atoms with Crippen LogP contribution in [-0.4, -0.2) is 23.2 Å². The molecular weight excluding hydrogens is 228 g/mol. The van der Waals surface area contributed by atoms with E-state index in [1.165, 1.54) is 0 Å². The molecule has 0 aliphatic carbocycles. The highest BCUT2D eigenvalue weighted by Crippen LogP contribution is 2.20. The molecule has 7 heteroatoms. The Morgan fingerprint density at radius 3 is 2.25 bits per heavy atom. The summed E-state index contributed by atoms with van der Waals surface area (Å²) in [6, 6.07) is 0. The molecule has 0 saturated carbocycles. The zero-order valence-electron chi connectivity index (χ0n) is 10.1. The minimum Gasteiger partial charge on any atom is -0.301 e. The van der Waals surface area contributed by atoms with E-state index in [-0.39, 0.29) is 10.6 Å². The van der Waals surface area contributed by atoms with Crippen molar-refractivity contribution in [3.05, 3.63) is 5.82 Å². The standard InChI is InChI=1S/C9H18N4O2S/c1-5-13-7(6-9(2,3)4)11-12-8(13)16(10,14)15/h5-6H2,1-4H3,(H2,10,14,15). The molecule has 0 aliphatic rings. The fourth-order valence-corrected chi connectivity index (χ4v) is 2.15. The van der Waals surface area contributed by atoms with Gasteiger partial charge in [-0.25, -0.2) is 13.6 Å². The summed E-state index contributed by atoms with van der Waals surface area (Å²) >= 11 is 0. The van der Waals surface area contributed by atoms with Gasteiger partial charge in [-0.2, -0.15) is 0 Å². The summed E-state index contributed by atoms with van der Waals surface area (Å²) in [5.74, 6) is 0.652. The lowest BCUT2D eigenvalue weighted by Gasteiger charge is -2.17. The average molecular weight is 246 g/mol. The predicted octanol–water partition coefficient (Wildman–Crippen LogP) is 0.534. The van der Waals surface area contributed by atoms with E-state index in [9.17, 15) is 8.42 Å². The van der Waals surface area contributed by atoms with Crippen molar-refractivity contribution in [3.8, 4) is 0 Å². The molecule has 0 radical (unpaired) electrons. The van der Waals surface area contributed by atoms with Crippen LogP contribution in [0.3, 0.4) is 0 Å². The van der Waals surface area contributed by atoms with Gasteiger partial charge in [0.1, 0.15) is 5.82 Å². The van der Waals surface area contributed by atoms with Gasteiger partial charge >= 0.3 is 0 Å². The van der Waals surface area contributed by atoms with E-state index in [0.717, 1.165) is 0 Å². The molecule has 0 atom stereocenters. The zero-order valence-corrected chi connectivity index (χ0v) is 10.9. The van der Waals surface area contributed by atoms with Gasteiger partial charge in [0, 0.05) is 13.0 Å². The highest BCUT2D eigenvalue weighted by atomic mass is 32.2. The summed E-state index contributed by atoms with van der Waals surface area (Å²) in [7, 11) is -3.79. The highest BCUT2D eigenvalue weighted by molar-refractivity contribution is 7.89. The number of rotatable bonds is 3. The van der Waals surface area contributed by atoms with Crippen molar-refractivity contribution in [1.29, 1.82) is 0 Å². The van der Waals surface area contributed by atoms with Gasteiger partial charge in [-0.15, -0.1) is 10.2 Å². The fourth-order valence-electron chi connectivity index (χ4n) is 1.45. The smallest absolute Gasteiger partial charge is 0.273 e. The van der Waals surface area contributed by atoms with Crippen LogP contribution >= 0.6 is 0 Å². The Morgan fingerprint density at radius 2 is 1.88 bits per heavy atom. The maximum absolute atomic E-state index is 11.2. The van der Waals surface area contributed by atoms with Gasteiger partial charge < -0.3 is 4.57 Å². The molecule has 0 aromatic carbocycles. The number of hydrogen-bond donors (Lipinski definition) is 1. The lowest BCUT2D eigenvalue weighted by atomic mass is 9.92. The maximum atomic E-state index is 11.2. The van der Waals surface area contributed by atoms with Gasteiger partial charge in [-0.05, 0) is 12.3 Å². The van der Waals surface area contributed by atoms with Gasteiger partial charge in [-0.3, -0.25) is 0 Å². The third-order valence-corrected chi connectivity index (χ3v) is 2.86. The normalized spacial score (nSPS) is 13.1. The number of primary sulfonamides is 1. The maximum Gasteiger partial charge on any atom is 0.273 e. The van der Waals surface area contributed by atoms with Crippen LogP contribution in [0.15, 0.2) is 5.16 Å². The van der Waals surface area contributed by atoms with Crippen molar-refractivity contribution < 1.29 is 8.42 Å². The van der Waals surface area contributed by atoms with Crippen molar-refractivity contribution in [3.63, 3.8) is 0 Å². The van der Waals surface area contributed by atoms with Crippen LogP contribution in [0, 0.1) is 5.41 Å². The number of sulfonamides is 1. The van der Waals surface area contributed by atoms with Crippen molar-refractivity contribution >= 4 is 10.0 Å². The van der Waals surface area contributed by atoms with Crippen molar-refractivity contribution in [2.45, 2.75) is 45.8 Å². The second-order valence-electron chi connectivity index (χ2n) is 4.93. The summed E-state index contributed by atoms with van der Waals surface area (Å²) in [6.07, 6.45) is 0.656. The molecule has 16 heavy (non-hydrogen) atoms. The Balaban J connectivity index is 3.20. The molecule has 0 unspecified atom stereocenters. The van der Waals surface area contributed by atoms with E-state index in [0.29, 0.717) is 18.8 Å². The summed E-state index contributed by atoms with van der Waals surface area (Å²) in [4.78, 5) is 0. The van der Waals surface area contributed by atoms with E-state index in [1.807, 2.05) is 6.92 Å². The van der Waals surface area contributed by atoms with Gasteiger partial charge in [0.05, 0.1) is 0 Å². The monoisotopic (exact) mass is 246 g/mol. The quantitative estimate of drug-likeness (QED) is 0.842. The van der Waals surface area contributed by atoms with Crippen LogP contribution in [0.25, 0.3) is 0 Å². The molecule has 0 spiro atoms. The van der Waals surface area contributed by atoms with Gasteiger partial charge in [-0.1, -0.05) is 20.8 Å². The van der Waals surface area contributed by atoms with Crippen LogP contribution in [0.1, 0.15) is 33.5 Å². The minimum atomic E-state index is -3.79. The third-order valence-electron chi connectivity index (χ3n) is 2.05. The molecule has 1 heterocycles. The Labute approximate surface area is 95.9 Å². The van der Waals surface area contributed by atoms with Crippen LogP contribution in [0.4, 0.5) is 0 Å². The molecule has 92 valence electrons. The highest BCUT2D eigenvalue weighted by Gasteiger charge is 2.23. The molecule has 1 aromatic heterocycles. The number of hydrogen-bond acceptors (Lipinski definition) is 4. The van der Waals surface area contributed by atoms with E-state index >= 15 is 0 Å². The molecule has 2 N–H and O–H groups in total. The first kappa shape index (κ1) is 13.1. The second kappa shape index (κ2) is 4.14. The summed E-state index contributed by atoms with van der Waals surface area (Å²) in [6.45, 7) is 8.49. The van der Waals surface area contributed by atoms with E-state index < -0.39 is 10.0 Å². The van der Waals surface area contributed by atoms with Gasteiger partial charge in [0.2, 0.25) is 0 Å². The van der Waals surface area contributed by atoms with Crippen molar-refractivity contribution in [2.24, 2.45) is 10.6 Å². The Kier molecular flexibility index (Phi) is 3.39. The van der Waals surface area contributed by atoms with Crippen LogP contribution in [0.5, 0.6) is 0 Å². The first-order valence-electron chi connectivity index (χ1n) is 5.10. The largest absolute Gasteiger partial charge is 0.301 e. The Hall–Kier alpha value is -0.950. The molecule has 0 saturated heterocycles. The molecular formula is C9H18N4O2S.